The maximum Gasteiger partial charge on any atom is 0.243 e. The molecule has 0 heterocycles. The van der Waals surface area contributed by atoms with Crippen molar-refractivity contribution in [3.8, 4) is 11.1 Å². The smallest absolute Gasteiger partial charge is 0.243 e. The van der Waals surface area contributed by atoms with Crippen molar-refractivity contribution < 1.29 is 14.4 Å². The average molecular weight is 491 g/mol. The standard InChI is InChI=1S/C29H38N4O3/c1-20(12-17-27(30)34)32-26(19-21-8-4-2-5-9-21)29(36)33-25(28(31)35)18-22-13-15-24(16-14-22)23-10-6-3-7-11-23/h3,6-7,10-11,13-16,21,25-26,32H,1-2,4-5,8-9,12,17-19H2,(H2,30,34)(H2,31,35)(H,33,36)/t25-,26+/m0/s1. The summed E-state index contributed by atoms with van der Waals surface area (Å²) in [7, 11) is 0. The van der Waals surface area contributed by atoms with Gasteiger partial charge in [0.1, 0.15) is 12.1 Å². The van der Waals surface area contributed by atoms with Crippen molar-refractivity contribution in [3.05, 3.63) is 72.4 Å². The van der Waals surface area contributed by atoms with Crippen LogP contribution in [0, 0.1) is 5.92 Å². The number of amides is 3. The number of nitrogens with two attached hydrogens (primary N) is 2. The third kappa shape index (κ3) is 8.56. The topological polar surface area (TPSA) is 127 Å². The first kappa shape index (κ1) is 27.0. The van der Waals surface area contributed by atoms with Crippen molar-refractivity contribution in [3.63, 3.8) is 0 Å². The van der Waals surface area contributed by atoms with Gasteiger partial charge in [-0.2, -0.15) is 0 Å². The Morgan fingerprint density at radius 2 is 1.47 bits per heavy atom. The van der Waals surface area contributed by atoms with E-state index >= 15 is 0 Å². The fourth-order valence-corrected chi connectivity index (χ4v) is 4.77. The minimum absolute atomic E-state index is 0.159. The number of nitrogens with one attached hydrogen (secondary N) is 2. The fourth-order valence-electron chi connectivity index (χ4n) is 4.77. The van der Waals surface area contributed by atoms with Gasteiger partial charge in [-0.3, -0.25) is 14.4 Å². The second kappa shape index (κ2) is 13.5. The molecule has 36 heavy (non-hydrogen) atoms. The molecule has 1 aliphatic carbocycles. The molecule has 0 radical (unpaired) electrons. The molecule has 2 aromatic rings. The molecule has 0 aliphatic heterocycles. The molecule has 1 aliphatic rings. The highest BCUT2D eigenvalue weighted by molar-refractivity contribution is 5.89. The fraction of sp³-hybridized carbons (Fsp3) is 0.414. The molecule has 0 spiro atoms. The maximum atomic E-state index is 13.3. The second-order valence-corrected chi connectivity index (χ2v) is 9.74. The van der Waals surface area contributed by atoms with Gasteiger partial charge in [-0.1, -0.05) is 93.3 Å². The molecule has 1 saturated carbocycles. The Morgan fingerprint density at radius 3 is 2.08 bits per heavy atom. The first-order valence-electron chi connectivity index (χ1n) is 12.8. The zero-order valence-corrected chi connectivity index (χ0v) is 20.9. The number of allylic oxidation sites excluding steroid dienone is 1. The lowest BCUT2D eigenvalue weighted by Gasteiger charge is -2.29. The monoisotopic (exact) mass is 490 g/mol. The first-order valence-corrected chi connectivity index (χ1v) is 12.8. The van der Waals surface area contributed by atoms with E-state index in [0.29, 0.717) is 30.9 Å². The largest absolute Gasteiger partial charge is 0.378 e. The van der Waals surface area contributed by atoms with Crippen molar-refractivity contribution >= 4 is 17.7 Å². The highest BCUT2D eigenvalue weighted by Gasteiger charge is 2.28. The van der Waals surface area contributed by atoms with Crippen molar-refractivity contribution in [2.75, 3.05) is 0 Å². The summed E-state index contributed by atoms with van der Waals surface area (Å²) < 4.78 is 0. The van der Waals surface area contributed by atoms with E-state index in [9.17, 15) is 14.4 Å². The molecule has 7 heteroatoms. The van der Waals surface area contributed by atoms with Crippen LogP contribution in [-0.2, 0) is 20.8 Å². The van der Waals surface area contributed by atoms with Crippen molar-refractivity contribution in [1.82, 2.24) is 10.6 Å². The van der Waals surface area contributed by atoms with Gasteiger partial charge in [0, 0.05) is 18.5 Å². The van der Waals surface area contributed by atoms with Gasteiger partial charge in [-0.05, 0) is 35.4 Å². The molecule has 3 rings (SSSR count). The summed E-state index contributed by atoms with van der Waals surface area (Å²) in [6.45, 7) is 3.97. The van der Waals surface area contributed by atoms with Crippen LogP contribution in [0.1, 0.15) is 56.9 Å². The van der Waals surface area contributed by atoms with Gasteiger partial charge in [-0.25, -0.2) is 0 Å². The summed E-state index contributed by atoms with van der Waals surface area (Å²) in [6, 6.07) is 16.5. The van der Waals surface area contributed by atoms with Gasteiger partial charge in [-0.15, -0.1) is 0 Å². The molecule has 0 unspecified atom stereocenters. The molecule has 0 saturated heterocycles. The van der Waals surface area contributed by atoms with Gasteiger partial charge in [0.05, 0.1) is 0 Å². The van der Waals surface area contributed by atoms with E-state index in [1.54, 1.807) is 0 Å². The second-order valence-electron chi connectivity index (χ2n) is 9.74. The van der Waals surface area contributed by atoms with Crippen molar-refractivity contribution in [2.24, 2.45) is 17.4 Å². The molecule has 0 aromatic heterocycles. The number of hydrogen-bond donors (Lipinski definition) is 4. The zero-order valence-electron chi connectivity index (χ0n) is 20.9. The molecular formula is C29H38N4O3. The number of hydrogen-bond acceptors (Lipinski definition) is 4. The highest BCUT2D eigenvalue weighted by atomic mass is 16.2. The van der Waals surface area contributed by atoms with Crippen LogP contribution in [0.5, 0.6) is 0 Å². The van der Waals surface area contributed by atoms with E-state index < -0.39 is 23.9 Å². The third-order valence-corrected chi connectivity index (χ3v) is 6.82. The van der Waals surface area contributed by atoms with Crippen molar-refractivity contribution in [2.45, 2.75) is 69.9 Å². The maximum absolute atomic E-state index is 13.3. The number of benzene rings is 2. The summed E-state index contributed by atoms with van der Waals surface area (Å²) in [5, 5.41) is 6.05. The van der Waals surface area contributed by atoms with E-state index in [0.717, 1.165) is 42.4 Å². The van der Waals surface area contributed by atoms with Crippen LogP contribution in [0.15, 0.2) is 66.9 Å². The van der Waals surface area contributed by atoms with Gasteiger partial charge in [0.25, 0.3) is 0 Å². The predicted molar refractivity (Wildman–Crippen MR) is 142 cm³/mol. The van der Waals surface area contributed by atoms with E-state index in [2.05, 4.69) is 17.2 Å². The Kier molecular flexibility index (Phi) is 10.1. The number of carbonyl (C=O) groups is 3. The van der Waals surface area contributed by atoms with Crippen LogP contribution in [0.3, 0.4) is 0 Å². The normalized spacial score (nSPS) is 15.4. The Bertz CT molecular complexity index is 1030. The number of carbonyl (C=O) groups excluding carboxylic acids is 3. The van der Waals surface area contributed by atoms with Crippen LogP contribution in [0.25, 0.3) is 11.1 Å². The summed E-state index contributed by atoms with van der Waals surface area (Å²) in [6.07, 6.45) is 7.14. The van der Waals surface area contributed by atoms with Crippen LogP contribution in [0.2, 0.25) is 0 Å². The molecular weight excluding hydrogens is 452 g/mol. The van der Waals surface area contributed by atoms with Gasteiger partial charge in [0.15, 0.2) is 0 Å². The molecule has 3 amide bonds. The van der Waals surface area contributed by atoms with Gasteiger partial charge < -0.3 is 22.1 Å². The molecule has 7 nitrogen and oxygen atoms in total. The lowest BCUT2D eigenvalue weighted by molar-refractivity contribution is -0.128. The minimum Gasteiger partial charge on any atom is -0.378 e. The average Bonchev–Trinajstić information content (AvgIpc) is 2.88. The van der Waals surface area contributed by atoms with E-state index in [4.69, 9.17) is 11.5 Å². The van der Waals surface area contributed by atoms with Crippen LogP contribution >= 0.6 is 0 Å². The molecule has 2 aromatic carbocycles. The predicted octanol–water partition coefficient (Wildman–Crippen LogP) is 3.57. The molecule has 0 bridgehead atoms. The summed E-state index contributed by atoms with van der Waals surface area (Å²) >= 11 is 0. The number of rotatable bonds is 13. The van der Waals surface area contributed by atoms with Gasteiger partial charge >= 0.3 is 0 Å². The SMILES string of the molecule is C=C(CCC(N)=O)N[C@H](CC1CCCCC1)C(=O)N[C@@H](Cc1ccc(-c2ccccc2)cc1)C(N)=O. The Hall–Kier alpha value is -3.61. The quantitative estimate of drug-likeness (QED) is 0.342. The summed E-state index contributed by atoms with van der Waals surface area (Å²) in [5.41, 5.74) is 14.6. The van der Waals surface area contributed by atoms with Crippen LogP contribution in [0.4, 0.5) is 0 Å². The Labute approximate surface area is 213 Å². The van der Waals surface area contributed by atoms with Crippen LogP contribution in [-0.4, -0.2) is 29.8 Å². The molecule has 2 atom stereocenters. The minimum atomic E-state index is -0.838. The van der Waals surface area contributed by atoms with E-state index in [-0.39, 0.29) is 12.3 Å². The summed E-state index contributed by atoms with van der Waals surface area (Å²) in [4.78, 5) is 36.7. The Morgan fingerprint density at radius 1 is 0.833 bits per heavy atom. The third-order valence-electron chi connectivity index (χ3n) is 6.82. The zero-order chi connectivity index (χ0) is 25.9. The summed E-state index contributed by atoms with van der Waals surface area (Å²) in [5.74, 6) is -0.869. The lowest BCUT2D eigenvalue weighted by Crippen LogP contribution is -2.53. The van der Waals surface area contributed by atoms with E-state index in [1.165, 1.54) is 6.42 Å². The number of primary amides is 2. The lowest BCUT2D eigenvalue weighted by atomic mass is 9.84. The van der Waals surface area contributed by atoms with Crippen LogP contribution < -0.4 is 22.1 Å². The van der Waals surface area contributed by atoms with E-state index in [1.807, 2.05) is 54.6 Å². The van der Waals surface area contributed by atoms with Gasteiger partial charge in [0.2, 0.25) is 17.7 Å². The Balaban J connectivity index is 1.66. The molecule has 6 N–H and O–H groups in total. The molecule has 1 fully saturated rings. The highest BCUT2D eigenvalue weighted by Crippen LogP contribution is 2.28. The van der Waals surface area contributed by atoms with Crippen molar-refractivity contribution in [1.29, 1.82) is 0 Å². The first-order chi connectivity index (χ1) is 17.3. The molecule has 192 valence electrons.